The zero-order valence-electron chi connectivity index (χ0n) is 11.0. The van der Waals surface area contributed by atoms with E-state index >= 15 is 0 Å². The van der Waals surface area contributed by atoms with Crippen molar-refractivity contribution in [1.29, 1.82) is 0 Å². The van der Waals surface area contributed by atoms with Crippen molar-refractivity contribution < 1.29 is 0 Å². The Morgan fingerprint density at radius 3 is 2.16 bits per heavy atom. The third-order valence-electron chi connectivity index (χ3n) is 2.55. The lowest BCUT2D eigenvalue weighted by molar-refractivity contribution is 0.554. The summed E-state index contributed by atoms with van der Waals surface area (Å²) in [6, 6.07) is 0. The van der Waals surface area contributed by atoms with E-state index in [1.807, 2.05) is 13.2 Å². The van der Waals surface area contributed by atoms with Gasteiger partial charge < -0.3 is 0 Å². The van der Waals surface area contributed by atoms with Gasteiger partial charge in [-0.25, -0.2) is 9.97 Å². The van der Waals surface area contributed by atoms with Gasteiger partial charge in [0, 0.05) is 18.7 Å². The Morgan fingerprint density at radius 1 is 1.16 bits per heavy atom. The number of halogens is 3. The van der Waals surface area contributed by atoms with E-state index in [1.54, 1.807) is 4.68 Å². The number of hydrogen-bond donors (Lipinski definition) is 0. The summed E-state index contributed by atoms with van der Waals surface area (Å²) in [5, 5.41) is 5.06. The van der Waals surface area contributed by atoms with Gasteiger partial charge in [-0.15, -0.1) is 0 Å². The fraction of sp³-hybridized carbons (Fsp3) is 0.417. The van der Waals surface area contributed by atoms with Crippen molar-refractivity contribution in [2.24, 2.45) is 7.05 Å². The van der Waals surface area contributed by atoms with Crippen LogP contribution in [0.3, 0.4) is 0 Å². The zero-order valence-corrected chi connectivity index (χ0v) is 14.1. The van der Waals surface area contributed by atoms with Crippen molar-refractivity contribution in [3.8, 4) is 11.4 Å². The highest BCUT2D eigenvalue weighted by molar-refractivity contribution is 9.10. The van der Waals surface area contributed by atoms with E-state index in [-0.39, 0.29) is 5.41 Å². The summed E-state index contributed by atoms with van der Waals surface area (Å²) in [6.45, 7) is 6.25. The Morgan fingerprint density at radius 2 is 1.68 bits per heavy atom. The van der Waals surface area contributed by atoms with Crippen LogP contribution in [0.1, 0.15) is 26.5 Å². The number of hydrogen-bond acceptors (Lipinski definition) is 3. The Hall–Kier alpha value is -0.650. The maximum atomic E-state index is 6.03. The van der Waals surface area contributed by atoms with E-state index in [4.69, 9.17) is 23.2 Å². The summed E-state index contributed by atoms with van der Waals surface area (Å²) in [5.41, 5.74) is 1.63. The normalized spacial score (nSPS) is 11.9. The van der Waals surface area contributed by atoms with Crippen molar-refractivity contribution >= 4 is 39.1 Å². The molecule has 2 aromatic heterocycles. The number of aromatic nitrogens is 4. The van der Waals surface area contributed by atoms with Crippen molar-refractivity contribution in [1.82, 2.24) is 19.7 Å². The Bertz CT molecular complexity index is 608. The second kappa shape index (κ2) is 5.04. The first-order valence-electron chi connectivity index (χ1n) is 5.63. The number of aryl methyl sites for hydroxylation is 1. The summed E-state index contributed by atoms with van der Waals surface area (Å²) in [4.78, 5) is 8.52. The first-order valence-corrected chi connectivity index (χ1v) is 7.18. The maximum Gasteiger partial charge on any atom is 0.166 e. The van der Waals surface area contributed by atoms with E-state index < -0.39 is 0 Å². The van der Waals surface area contributed by atoms with Gasteiger partial charge in [0.15, 0.2) is 5.82 Å². The molecule has 0 radical (unpaired) electrons. The molecule has 0 unspecified atom stereocenters. The second-order valence-electron chi connectivity index (χ2n) is 5.26. The molecule has 7 heteroatoms. The zero-order chi connectivity index (χ0) is 14.4. The lowest BCUT2D eigenvalue weighted by Gasteiger charge is -2.17. The van der Waals surface area contributed by atoms with E-state index in [2.05, 4.69) is 51.8 Å². The van der Waals surface area contributed by atoms with E-state index in [0.717, 1.165) is 11.3 Å². The second-order valence-corrected chi connectivity index (χ2v) is 6.77. The van der Waals surface area contributed by atoms with Crippen LogP contribution >= 0.6 is 39.1 Å². The molecule has 0 aromatic carbocycles. The lowest BCUT2D eigenvalue weighted by atomic mass is 9.89. The van der Waals surface area contributed by atoms with Crippen LogP contribution in [0.5, 0.6) is 0 Å². The SMILES string of the molecule is Cn1cc(-c2nc(Cl)c(Br)c(Cl)n2)c(C(C)(C)C)n1. The van der Waals surface area contributed by atoms with Gasteiger partial charge in [-0.1, -0.05) is 44.0 Å². The molecular weight excluding hydrogens is 351 g/mol. The van der Waals surface area contributed by atoms with Crippen molar-refractivity contribution in [3.05, 3.63) is 26.7 Å². The number of rotatable bonds is 1. The van der Waals surface area contributed by atoms with Crippen LogP contribution in [0.25, 0.3) is 11.4 Å². The molecule has 2 heterocycles. The number of nitrogens with zero attached hydrogens (tertiary/aromatic N) is 4. The van der Waals surface area contributed by atoms with E-state index in [1.165, 1.54) is 0 Å². The van der Waals surface area contributed by atoms with Crippen molar-refractivity contribution in [3.63, 3.8) is 0 Å². The highest BCUT2D eigenvalue weighted by atomic mass is 79.9. The molecule has 102 valence electrons. The van der Waals surface area contributed by atoms with Crippen LogP contribution < -0.4 is 0 Å². The summed E-state index contributed by atoms with van der Waals surface area (Å²) in [7, 11) is 1.86. The standard InChI is InChI=1S/C12H13BrCl2N4/c1-12(2,3)8-6(5-19(4)18-8)11-16-9(14)7(13)10(15)17-11/h5H,1-4H3. The van der Waals surface area contributed by atoms with Crippen LogP contribution in [0.4, 0.5) is 0 Å². The van der Waals surface area contributed by atoms with Crippen LogP contribution in [0.2, 0.25) is 10.3 Å². The first-order chi connectivity index (χ1) is 8.70. The van der Waals surface area contributed by atoms with Crippen LogP contribution in [-0.2, 0) is 12.5 Å². The van der Waals surface area contributed by atoms with Gasteiger partial charge in [0.25, 0.3) is 0 Å². The molecule has 0 saturated carbocycles. The minimum atomic E-state index is -0.119. The average molecular weight is 364 g/mol. The Kier molecular flexibility index (Phi) is 3.91. The predicted molar refractivity (Wildman–Crippen MR) is 80.7 cm³/mol. The van der Waals surface area contributed by atoms with E-state index in [0.29, 0.717) is 20.6 Å². The Labute approximate surface area is 130 Å². The highest BCUT2D eigenvalue weighted by Crippen LogP contribution is 2.34. The van der Waals surface area contributed by atoms with Gasteiger partial charge in [0.2, 0.25) is 0 Å². The molecule has 19 heavy (non-hydrogen) atoms. The van der Waals surface area contributed by atoms with Gasteiger partial charge in [0.05, 0.1) is 15.7 Å². The fourth-order valence-corrected chi connectivity index (χ4v) is 2.29. The predicted octanol–water partition coefficient (Wildman–Crippen LogP) is 4.24. The summed E-state index contributed by atoms with van der Waals surface area (Å²) in [6.07, 6.45) is 1.87. The molecule has 0 N–H and O–H groups in total. The quantitative estimate of drug-likeness (QED) is 0.711. The molecule has 0 aliphatic rings. The summed E-state index contributed by atoms with van der Waals surface area (Å²) in [5.74, 6) is 0.483. The van der Waals surface area contributed by atoms with Crippen molar-refractivity contribution in [2.75, 3.05) is 0 Å². The molecule has 4 nitrogen and oxygen atoms in total. The van der Waals surface area contributed by atoms with Gasteiger partial charge >= 0.3 is 0 Å². The molecule has 0 aliphatic heterocycles. The summed E-state index contributed by atoms with van der Waals surface area (Å²) < 4.78 is 2.24. The van der Waals surface area contributed by atoms with Crippen molar-refractivity contribution in [2.45, 2.75) is 26.2 Å². The van der Waals surface area contributed by atoms with E-state index in [9.17, 15) is 0 Å². The fourth-order valence-electron chi connectivity index (χ4n) is 1.72. The molecule has 0 spiro atoms. The van der Waals surface area contributed by atoms with Gasteiger partial charge in [0.1, 0.15) is 10.3 Å². The van der Waals surface area contributed by atoms with Gasteiger partial charge in [-0.2, -0.15) is 5.10 Å². The molecule has 0 saturated heterocycles. The molecule has 0 atom stereocenters. The molecule has 2 aromatic rings. The molecule has 0 aliphatic carbocycles. The van der Waals surface area contributed by atoms with Gasteiger partial charge in [-0.05, 0) is 15.9 Å². The topological polar surface area (TPSA) is 43.6 Å². The van der Waals surface area contributed by atoms with Crippen LogP contribution in [-0.4, -0.2) is 19.7 Å². The molecule has 2 rings (SSSR count). The first kappa shape index (κ1) is 14.8. The lowest BCUT2D eigenvalue weighted by Crippen LogP contribution is -2.14. The third kappa shape index (κ3) is 2.93. The van der Waals surface area contributed by atoms with Crippen LogP contribution in [0.15, 0.2) is 10.7 Å². The maximum absolute atomic E-state index is 6.03. The third-order valence-corrected chi connectivity index (χ3v) is 4.31. The van der Waals surface area contributed by atoms with Gasteiger partial charge in [-0.3, -0.25) is 4.68 Å². The molecule has 0 amide bonds. The smallest absolute Gasteiger partial charge is 0.166 e. The summed E-state index contributed by atoms with van der Waals surface area (Å²) >= 11 is 15.3. The minimum absolute atomic E-state index is 0.119. The molecular formula is C12H13BrCl2N4. The average Bonchev–Trinajstić information content (AvgIpc) is 2.67. The van der Waals surface area contributed by atoms with Crippen LogP contribution in [0, 0.1) is 0 Å². The molecule has 0 fully saturated rings. The highest BCUT2D eigenvalue weighted by Gasteiger charge is 2.25. The Balaban J connectivity index is 2.66. The largest absolute Gasteiger partial charge is 0.275 e. The molecule has 0 bridgehead atoms. The minimum Gasteiger partial charge on any atom is -0.275 e. The monoisotopic (exact) mass is 362 g/mol.